The SMILES string of the molecule is CCOC(=O)c1cccc(-n2c(C)cc(C=Nc3ccc(Sc4ccc([N+](=O)[O-])cc4)cc3)c2C)c1. The Hall–Kier alpha value is -4.17. The van der Waals surface area contributed by atoms with Crippen LogP contribution in [0.25, 0.3) is 5.69 Å². The Kier molecular flexibility index (Phi) is 7.65. The van der Waals surface area contributed by atoms with E-state index < -0.39 is 4.92 Å². The maximum Gasteiger partial charge on any atom is 0.338 e. The Morgan fingerprint density at radius 1 is 1.03 bits per heavy atom. The van der Waals surface area contributed by atoms with Crippen molar-refractivity contribution in [2.75, 3.05) is 6.61 Å². The van der Waals surface area contributed by atoms with Crippen LogP contribution in [-0.2, 0) is 4.74 Å². The Bertz CT molecular complexity index is 1420. The van der Waals surface area contributed by atoms with Gasteiger partial charge in [0.05, 0.1) is 22.8 Å². The Balaban J connectivity index is 1.49. The number of non-ortho nitro benzene ring substituents is 1. The highest BCUT2D eigenvalue weighted by Crippen LogP contribution is 2.30. The van der Waals surface area contributed by atoms with Gasteiger partial charge in [0, 0.05) is 50.8 Å². The van der Waals surface area contributed by atoms with Gasteiger partial charge < -0.3 is 9.30 Å². The van der Waals surface area contributed by atoms with Gasteiger partial charge in [-0.15, -0.1) is 0 Å². The van der Waals surface area contributed by atoms with Crippen LogP contribution >= 0.6 is 11.8 Å². The highest BCUT2D eigenvalue weighted by atomic mass is 32.2. The van der Waals surface area contributed by atoms with Crippen molar-refractivity contribution in [2.45, 2.75) is 30.6 Å². The summed E-state index contributed by atoms with van der Waals surface area (Å²) in [5.74, 6) is -0.334. The summed E-state index contributed by atoms with van der Waals surface area (Å²) in [7, 11) is 0. The van der Waals surface area contributed by atoms with Crippen molar-refractivity contribution in [3.8, 4) is 5.69 Å². The van der Waals surface area contributed by atoms with Crippen molar-refractivity contribution < 1.29 is 14.5 Å². The van der Waals surface area contributed by atoms with Crippen LogP contribution in [0.15, 0.2) is 93.6 Å². The van der Waals surface area contributed by atoms with Gasteiger partial charge in [-0.1, -0.05) is 17.8 Å². The number of aryl methyl sites for hydroxylation is 1. The van der Waals surface area contributed by atoms with Crippen molar-refractivity contribution in [3.63, 3.8) is 0 Å². The van der Waals surface area contributed by atoms with E-state index in [2.05, 4.69) is 15.6 Å². The molecule has 3 aromatic carbocycles. The van der Waals surface area contributed by atoms with E-state index in [0.717, 1.165) is 38.1 Å². The summed E-state index contributed by atoms with van der Waals surface area (Å²) in [6.07, 6.45) is 1.84. The van der Waals surface area contributed by atoms with Gasteiger partial charge in [0.25, 0.3) is 5.69 Å². The van der Waals surface area contributed by atoms with Gasteiger partial charge in [-0.2, -0.15) is 0 Å². The largest absolute Gasteiger partial charge is 0.462 e. The lowest BCUT2D eigenvalue weighted by Gasteiger charge is -2.11. The molecule has 0 radical (unpaired) electrons. The Morgan fingerprint density at radius 3 is 2.33 bits per heavy atom. The van der Waals surface area contributed by atoms with Crippen molar-refractivity contribution in [3.05, 3.63) is 111 Å². The lowest BCUT2D eigenvalue weighted by atomic mass is 10.2. The first-order chi connectivity index (χ1) is 17.4. The Morgan fingerprint density at radius 2 is 1.69 bits per heavy atom. The second kappa shape index (κ2) is 11.0. The zero-order valence-electron chi connectivity index (χ0n) is 20.2. The van der Waals surface area contributed by atoms with E-state index in [9.17, 15) is 14.9 Å². The van der Waals surface area contributed by atoms with Gasteiger partial charge in [0.1, 0.15) is 0 Å². The van der Waals surface area contributed by atoms with Crippen LogP contribution in [0.2, 0.25) is 0 Å². The van der Waals surface area contributed by atoms with Crippen LogP contribution < -0.4 is 0 Å². The number of hydrogen-bond acceptors (Lipinski definition) is 6. The monoisotopic (exact) mass is 499 g/mol. The number of hydrogen-bond donors (Lipinski definition) is 0. The molecule has 1 aromatic heterocycles. The first-order valence-electron chi connectivity index (χ1n) is 11.4. The number of carbonyl (C=O) groups excluding carboxylic acids is 1. The average Bonchev–Trinajstić information content (AvgIpc) is 3.16. The third kappa shape index (κ3) is 5.72. The average molecular weight is 500 g/mol. The molecule has 0 N–H and O–H groups in total. The van der Waals surface area contributed by atoms with E-state index in [0.29, 0.717) is 12.2 Å². The highest BCUT2D eigenvalue weighted by Gasteiger charge is 2.13. The molecule has 0 spiro atoms. The molecule has 0 aliphatic heterocycles. The molecule has 0 unspecified atom stereocenters. The maximum atomic E-state index is 12.1. The summed E-state index contributed by atoms with van der Waals surface area (Å²) in [6.45, 7) is 6.17. The number of benzene rings is 3. The molecular weight excluding hydrogens is 474 g/mol. The molecule has 0 saturated heterocycles. The van der Waals surface area contributed by atoms with Crippen LogP contribution in [0, 0.1) is 24.0 Å². The molecule has 8 heteroatoms. The molecule has 182 valence electrons. The molecule has 4 rings (SSSR count). The molecule has 0 aliphatic rings. The van der Waals surface area contributed by atoms with Gasteiger partial charge in [-0.3, -0.25) is 15.1 Å². The second-order valence-electron chi connectivity index (χ2n) is 8.04. The van der Waals surface area contributed by atoms with Gasteiger partial charge >= 0.3 is 5.97 Å². The van der Waals surface area contributed by atoms with E-state index in [-0.39, 0.29) is 11.7 Å². The van der Waals surface area contributed by atoms with Crippen LogP contribution in [0.3, 0.4) is 0 Å². The molecule has 4 aromatic rings. The topological polar surface area (TPSA) is 86.7 Å². The predicted octanol–water partition coefficient (Wildman–Crippen LogP) is 7.08. The third-order valence-electron chi connectivity index (χ3n) is 5.56. The van der Waals surface area contributed by atoms with Gasteiger partial charge in [0.2, 0.25) is 0 Å². The fourth-order valence-corrected chi connectivity index (χ4v) is 4.63. The maximum absolute atomic E-state index is 12.1. The molecule has 0 amide bonds. The number of nitrogens with zero attached hydrogens (tertiary/aromatic N) is 3. The lowest BCUT2D eigenvalue weighted by Crippen LogP contribution is -2.06. The number of aromatic nitrogens is 1. The van der Waals surface area contributed by atoms with Crippen LogP contribution in [0.5, 0.6) is 0 Å². The Labute approximate surface area is 213 Å². The number of esters is 1. The number of carbonyl (C=O) groups is 1. The van der Waals surface area contributed by atoms with Crippen molar-refractivity contribution in [1.29, 1.82) is 0 Å². The smallest absolute Gasteiger partial charge is 0.338 e. The molecule has 36 heavy (non-hydrogen) atoms. The number of aliphatic imine (C=N–C) groups is 1. The van der Waals surface area contributed by atoms with Crippen molar-refractivity contribution in [2.24, 2.45) is 4.99 Å². The van der Waals surface area contributed by atoms with E-state index in [4.69, 9.17) is 4.74 Å². The first kappa shape index (κ1) is 24.9. The molecular formula is C28H25N3O4S. The van der Waals surface area contributed by atoms with E-state index >= 15 is 0 Å². The molecule has 0 saturated carbocycles. The van der Waals surface area contributed by atoms with Gasteiger partial charge in [0.15, 0.2) is 0 Å². The van der Waals surface area contributed by atoms with Crippen molar-refractivity contribution in [1.82, 2.24) is 4.57 Å². The molecule has 0 aliphatic carbocycles. The van der Waals surface area contributed by atoms with E-state index in [1.54, 1.807) is 25.1 Å². The number of rotatable bonds is 8. The molecule has 1 heterocycles. The number of nitro groups is 1. The summed E-state index contributed by atoms with van der Waals surface area (Å²) in [5.41, 5.74) is 5.34. The minimum atomic E-state index is -0.404. The second-order valence-corrected chi connectivity index (χ2v) is 9.18. The summed E-state index contributed by atoms with van der Waals surface area (Å²) in [5, 5.41) is 10.8. The van der Waals surface area contributed by atoms with E-state index in [1.165, 1.54) is 23.9 Å². The number of nitro benzene ring substituents is 1. The summed E-state index contributed by atoms with van der Waals surface area (Å²) in [6, 6.07) is 23.8. The van der Waals surface area contributed by atoms with Crippen molar-refractivity contribution >= 4 is 35.3 Å². The minimum absolute atomic E-state index is 0.0788. The standard InChI is InChI=1S/C28H25N3O4S/c1-4-35-28(32)21-6-5-7-25(17-21)30-19(2)16-22(20(30)3)18-29-23-8-12-26(13-9-23)36-27-14-10-24(11-15-27)31(33)34/h5-18H,4H2,1-3H3. The fourth-order valence-electron chi connectivity index (χ4n) is 3.82. The molecule has 0 atom stereocenters. The van der Waals surface area contributed by atoms with Gasteiger partial charge in [-0.05, 0) is 81.4 Å². The molecule has 7 nitrogen and oxygen atoms in total. The zero-order chi connectivity index (χ0) is 25.7. The summed E-state index contributed by atoms with van der Waals surface area (Å²) >= 11 is 1.53. The fraction of sp³-hybridized carbons (Fsp3) is 0.143. The van der Waals surface area contributed by atoms with Crippen LogP contribution in [0.4, 0.5) is 11.4 Å². The highest BCUT2D eigenvalue weighted by molar-refractivity contribution is 7.99. The lowest BCUT2D eigenvalue weighted by molar-refractivity contribution is -0.384. The summed E-state index contributed by atoms with van der Waals surface area (Å²) < 4.78 is 7.22. The molecule has 0 fully saturated rings. The van der Waals surface area contributed by atoms with E-state index in [1.807, 2.05) is 62.5 Å². The quantitative estimate of drug-likeness (QED) is 0.112. The first-order valence-corrected chi connectivity index (χ1v) is 12.2. The minimum Gasteiger partial charge on any atom is -0.462 e. The van der Waals surface area contributed by atoms with Gasteiger partial charge in [-0.25, -0.2) is 4.79 Å². The predicted molar refractivity (Wildman–Crippen MR) is 142 cm³/mol. The summed E-state index contributed by atoms with van der Waals surface area (Å²) in [4.78, 5) is 29.1. The normalized spacial score (nSPS) is 11.1. The zero-order valence-corrected chi connectivity index (χ0v) is 21.0. The molecule has 0 bridgehead atoms. The number of ether oxygens (including phenoxy) is 1. The van der Waals surface area contributed by atoms with Crippen LogP contribution in [0.1, 0.15) is 34.2 Å². The van der Waals surface area contributed by atoms with Crippen LogP contribution in [-0.4, -0.2) is 28.3 Å². The third-order valence-corrected chi connectivity index (χ3v) is 6.57.